The van der Waals surface area contributed by atoms with Gasteiger partial charge in [0.25, 0.3) is 0 Å². The van der Waals surface area contributed by atoms with Crippen molar-refractivity contribution in [3.05, 3.63) is 21.4 Å². The zero-order chi connectivity index (χ0) is 12.7. The van der Waals surface area contributed by atoms with Crippen molar-refractivity contribution in [1.29, 1.82) is 0 Å². The number of aryl methyl sites for hydroxylation is 2. The van der Waals surface area contributed by atoms with Gasteiger partial charge in [0.1, 0.15) is 0 Å². The van der Waals surface area contributed by atoms with Crippen LogP contribution in [0.4, 0.5) is 0 Å². The van der Waals surface area contributed by atoms with Crippen LogP contribution in [0.1, 0.15) is 42.0 Å². The molecular weight excluding hydrogens is 228 g/mol. The zero-order valence-corrected chi connectivity index (χ0v) is 12.4. The van der Waals surface area contributed by atoms with Gasteiger partial charge < -0.3 is 10.6 Å². The quantitative estimate of drug-likeness (QED) is 0.696. The van der Waals surface area contributed by atoms with Gasteiger partial charge >= 0.3 is 0 Å². The van der Waals surface area contributed by atoms with E-state index in [0.29, 0.717) is 6.04 Å². The fourth-order valence-electron chi connectivity index (χ4n) is 1.71. The highest BCUT2D eigenvalue weighted by molar-refractivity contribution is 7.12. The summed E-state index contributed by atoms with van der Waals surface area (Å²) in [6.07, 6.45) is 2.51. The van der Waals surface area contributed by atoms with Crippen LogP contribution in [0, 0.1) is 13.8 Å². The van der Waals surface area contributed by atoms with Crippen molar-refractivity contribution in [2.75, 3.05) is 13.1 Å². The molecule has 0 saturated heterocycles. The topological polar surface area (TPSA) is 24.1 Å². The third-order valence-electron chi connectivity index (χ3n) is 2.85. The van der Waals surface area contributed by atoms with Gasteiger partial charge in [-0.3, -0.25) is 0 Å². The van der Waals surface area contributed by atoms with Crippen LogP contribution in [0.25, 0.3) is 0 Å². The molecule has 3 heteroatoms. The lowest BCUT2D eigenvalue weighted by Crippen LogP contribution is -2.24. The Morgan fingerprint density at radius 2 is 1.88 bits per heavy atom. The van der Waals surface area contributed by atoms with E-state index in [-0.39, 0.29) is 0 Å². The van der Waals surface area contributed by atoms with Gasteiger partial charge in [-0.2, -0.15) is 0 Å². The molecule has 0 aromatic carbocycles. The Bertz CT molecular complexity index is 299. The molecule has 0 radical (unpaired) electrons. The van der Waals surface area contributed by atoms with Crippen LogP contribution in [0.2, 0.25) is 0 Å². The molecule has 2 nitrogen and oxygen atoms in total. The highest BCUT2D eigenvalue weighted by Gasteiger charge is 2.00. The van der Waals surface area contributed by atoms with Crippen molar-refractivity contribution < 1.29 is 0 Å². The van der Waals surface area contributed by atoms with E-state index in [9.17, 15) is 0 Å². The highest BCUT2D eigenvalue weighted by Crippen LogP contribution is 2.20. The number of nitrogens with one attached hydrogen (secondary N) is 2. The van der Waals surface area contributed by atoms with Crippen LogP contribution in [-0.4, -0.2) is 19.1 Å². The summed E-state index contributed by atoms with van der Waals surface area (Å²) in [7, 11) is 0. The van der Waals surface area contributed by atoms with Crippen molar-refractivity contribution >= 4 is 11.3 Å². The third-order valence-corrected chi connectivity index (χ3v) is 4.00. The molecule has 1 rings (SSSR count). The van der Waals surface area contributed by atoms with Crippen molar-refractivity contribution in [2.45, 2.75) is 53.1 Å². The molecule has 1 heterocycles. The van der Waals surface area contributed by atoms with Gasteiger partial charge in [-0.25, -0.2) is 0 Å². The van der Waals surface area contributed by atoms with E-state index in [4.69, 9.17) is 0 Å². The lowest BCUT2D eigenvalue weighted by atomic mass is 10.2. The van der Waals surface area contributed by atoms with Crippen molar-refractivity contribution in [3.8, 4) is 0 Å². The van der Waals surface area contributed by atoms with E-state index >= 15 is 0 Å². The van der Waals surface area contributed by atoms with Gasteiger partial charge in [0.15, 0.2) is 0 Å². The molecule has 0 atom stereocenters. The molecular formula is C14H26N2S. The Morgan fingerprint density at radius 3 is 2.47 bits per heavy atom. The van der Waals surface area contributed by atoms with E-state index in [1.165, 1.54) is 28.2 Å². The Balaban J connectivity index is 2.01. The first-order valence-corrected chi connectivity index (χ1v) is 7.41. The molecule has 0 spiro atoms. The molecule has 0 aliphatic heterocycles. The fourth-order valence-corrected chi connectivity index (χ4v) is 2.74. The van der Waals surface area contributed by atoms with Crippen LogP contribution in [-0.2, 0) is 6.54 Å². The average molecular weight is 254 g/mol. The van der Waals surface area contributed by atoms with Gasteiger partial charge in [-0.1, -0.05) is 13.8 Å². The minimum atomic E-state index is 0.611. The summed E-state index contributed by atoms with van der Waals surface area (Å²) in [5, 5.41) is 6.95. The number of hydrogen-bond donors (Lipinski definition) is 2. The normalized spacial score (nSPS) is 11.4. The van der Waals surface area contributed by atoms with Crippen molar-refractivity contribution in [2.24, 2.45) is 0 Å². The summed E-state index contributed by atoms with van der Waals surface area (Å²) < 4.78 is 0. The first-order chi connectivity index (χ1) is 8.09. The summed E-state index contributed by atoms with van der Waals surface area (Å²) in [6, 6.07) is 2.91. The Morgan fingerprint density at radius 1 is 1.18 bits per heavy atom. The second kappa shape index (κ2) is 7.85. The molecule has 0 saturated carbocycles. The standard InChI is InChI=1S/C14H26N2S/c1-11(2)16-8-6-5-7-15-10-14-9-12(3)13(4)17-14/h9,11,15-16H,5-8,10H2,1-4H3. The summed E-state index contributed by atoms with van der Waals surface area (Å²) in [5.41, 5.74) is 1.42. The monoisotopic (exact) mass is 254 g/mol. The number of thiophene rings is 1. The molecule has 0 fully saturated rings. The highest BCUT2D eigenvalue weighted by atomic mass is 32.1. The van der Waals surface area contributed by atoms with Crippen molar-refractivity contribution in [1.82, 2.24) is 10.6 Å². The van der Waals surface area contributed by atoms with Crippen molar-refractivity contribution in [3.63, 3.8) is 0 Å². The molecule has 0 bridgehead atoms. The molecule has 98 valence electrons. The summed E-state index contributed by atoms with van der Waals surface area (Å²) >= 11 is 1.91. The number of hydrogen-bond acceptors (Lipinski definition) is 3. The lowest BCUT2D eigenvalue weighted by molar-refractivity contribution is 0.542. The lowest BCUT2D eigenvalue weighted by Gasteiger charge is -2.07. The molecule has 0 aliphatic carbocycles. The molecule has 0 aliphatic rings. The molecule has 17 heavy (non-hydrogen) atoms. The first-order valence-electron chi connectivity index (χ1n) is 6.59. The number of unbranched alkanes of at least 4 members (excludes halogenated alkanes) is 1. The van der Waals surface area contributed by atoms with E-state index in [1.807, 2.05) is 11.3 Å². The van der Waals surface area contributed by atoms with E-state index in [1.54, 1.807) is 0 Å². The predicted octanol–water partition coefficient (Wildman–Crippen LogP) is 3.23. The summed E-state index contributed by atoms with van der Waals surface area (Å²) in [6.45, 7) is 12.1. The SMILES string of the molecule is Cc1cc(CNCCCCNC(C)C)sc1C. The molecule has 0 amide bonds. The second-order valence-electron chi connectivity index (χ2n) is 4.94. The number of rotatable bonds is 8. The predicted molar refractivity (Wildman–Crippen MR) is 77.9 cm³/mol. The zero-order valence-electron chi connectivity index (χ0n) is 11.6. The Labute approximate surface area is 110 Å². The second-order valence-corrected chi connectivity index (χ2v) is 6.29. The van der Waals surface area contributed by atoms with Crippen LogP contribution >= 0.6 is 11.3 Å². The van der Waals surface area contributed by atoms with Gasteiger partial charge in [0.05, 0.1) is 0 Å². The maximum Gasteiger partial charge on any atom is 0.0299 e. The summed E-state index contributed by atoms with van der Waals surface area (Å²) in [4.78, 5) is 2.91. The summed E-state index contributed by atoms with van der Waals surface area (Å²) in [5.74, 6) is 0. The maximum absolute atomic E-state index is 3.51. The molecule has 0 unspecified atom stereocenters. The smallest absolute Gasteiger partial charge is 0.0299 e. The minimum absolute atomic E-state index is 0.611. The van der Waals surface area contributed by atoms with E-state index < -0.39 is 0 Å². The first kappa shape index (κ1) is 14.7. The molecule has 2 N–H and O–H groups in total. The largest absolute Gasteiger partial charge is 0.315 e. The van der Waals surface area contributed by atoms with Crippen LogP contribution in [0.3, 0.4) is 0 Å². The fraction of sp³-hybridized carbons (Fsp3) is 0.714. The van der Waals surface area contributed by atoms with Crippen LogP contribution in [0.5, 0.6) is 0 Å². The molecule has 1 aromatic rings. The van der Waals surface area contributed by atoms with Crippen LogP contribution in [0.15, 0.2) is 6.07 Å². The Kier molecular flexibility index (Phi) is 6.78. The van der Waals surface area contributed by atoms with Gasteiger partial charge in [0, 0.05) is 22.3 Å². The van der Waals surface area contributed by atoms with Gasteiger partial charge in [-0.15, -0.1) is 11.3 Å². The maximum atomic E-state index is 3.51. The molecule has 1 aromatic heterocycles. The van der Waals surface area contributed by atoms with E-state index in [0.717, 1.165) is 19.6 Å². The third kappa shape index (κ3) is 6.20. The van der Waals surface area contributed by atoms with E-state index in [2.05, 4.69) is 44.4 Å². The van der Waals surface area contributed by atoms with Gasteiger partial charge in [-0.05, 0) is 51.4 Å². The minimum Gasteiger partial charge on any atom is -0.315 e. The van der Waals surface area contributed by atoms with Gasteiger partial charge in [0.2, 0.25) is 0 Å². The average Bonchev–Trinajstić information content (AvgIpc) is 2.56. The van der Waals surface area contributed by atoms with Crippen LogP contribution < -0.4 is 10.6 Å². The Hall–Kier alpha value is -0.380.